The van der Waals surface area contributed by atoms with E-state index in [1.54, 1.807) is 0 Å². The van der Waals surface area contributed by atoms with Crippen molar-refractivity contribution in [1.82, 2.24) is 0 Å². The number of amides is 1. The molecule has 0 bridgehead atoms. The Hall–Kier alpha value is -0.450. The van der Waals surface area contributed by atoms with Crippen molar-refractivity contribution in [2.24, 2.45) is 5.14 Å². The summed E-state index contributed by atoms with van der Waals surface area (Å²) >= 11 is 7.54. The van der Waals surface area contributed by atoms with Gasteiger partial charge in [-0.3, -0.25) is 4.79 Å². The predicted molar refractivity (Wildman–Crippen MR) is 78.0 cm³/mol. The number of benzene rings is 1. The van der Waals surface area contributed by atoms with Gasteiger partial charge in [0, 0.05) is 21.6 Å². The van der Waals surface area contributed by atoms with Crippen LogP contribution >= 0.6 is 34.2 Å². The van der Waals surface area contributed by atoms with E-state index in [0.717, 1.165) is 11.0 Å². The molecule has 19 heavy (non-hydrogen) atoms. The zero-order chi connectivity index (χ0) is 14.4. The summed E-state index contributed by atoms with van der Waals surface area (Å²) < 4.78 is 36.9. The summed E-state index contributed by atoms with van der Waals surface area (Å²) in [6.45, 7) is -0.147. The Morgan fingerprint density at radius 1 is 1.47 bits per heavy atom. The summed E-state index contributed by atoms with van der Waals surface area (Å²) in [5, 5.41) is 4.22. The van der Waals surface area contributed by atoms with Crippen LogP contribution in [0.3, 0.4) is 0 Å². The molecule has 2 N–H and O–H groups in total. The Morgan fingerprint density at radius 2 is 2.11 bits per heavy atom. The SMILES string of the molecule is NS(=O)(=O)C1CC(=O)N(c2c(F)cc(Cl)cc2I)C1. The highest BCUT2D eigenvalue weighted by Gasteiger charge is 2.38. The fourth-order valence-electron chi connectivity index (χ4n) is 1.90. The molecule has 1 aromatic rings. The third kappa shape index (κ3) is 3.01. The van der Waals surface area contributed by atoms with Crippen LogP contribution in [0, 0.1) is 9.39 Å². The van der Waals surface area contributed by atoms with Crippen LogP contribution in [-0.4, -0.2) is 26.1 Å². The molecule has 1 aliphatic heterocycles. The number of carbonyl (C=O) groups excluding carboxylic acids is 1. The standard InChI is InChI=1S/C10H9ClFIN2O3S/c11-5-1-7(12)10(8(13)2-5)15-4-6(3-9(15)16)19(14,17)18/h1-2,6H,3-4H2,(H2,14,17,18). The Kier molecular flexibility index (Phi) is 4.05. The second kappa shape index (κ2) is 5.15. The van der Waals surface area contributed by atoms with Gasteiger partial charge >= 0.3 is 0 Å². The normalized spacial score (nSPS) is 20.1. The molecule has 1 heterocycles. The second-order valence-electron chi connectivity index (χ2n) is 4.14. The monoisotopic (exact) mass is 418 g/mol. The van der Waals surface area contributed by atoms with Gasteiger partial charge in [-0.15, -0.1) is 0 Å². The third-order valence-corrected chi connectivity index (χ3v) is 5.09. The fraction of sp³-hybridized carbons (Fsp3) is 0.300. The van der Waals surface area contributed by atoms with E-state index in [4.69, 9.17) is 16.7 Å². The van der Waals surface area contributed by atoms with Crippen molar-refractivity contribution in [3.05, 3.63) is 26.5 Å². The average Bonchev–Trinajstić information content (AvgIpc) is 2.59. The Balaban J connectivity index is 2.42. The van der Waals surface area contributed by atoms with Gasteiger partial charge in [0.25, 0.3) is 0 Å². The van der Waals surface area contributed by atoms with E-state index in [-0.39, 0.29) is 23.7 Å². The molecule has 0 saturated carbocycles. The zero-order valence-electron chi connectivity index (χ0n) is 9.44. The molecule has 9 heteroatoms. The molecular weight excluding hydrogens is 410 g/mol. The van der Waals surface area contributed by atoms with Crippen molar-refractivity contribution in [2.75, 3.05) is 11.4 Å². The highest BCUT2D eigenvalue weighted by molar-refractivity contribution is 14.1. The first-order chi connectivity index (χ1) is 8.70. The lowest BCUT2D eigenvalue weighted by molar-refractivity contribution is -0.117. The molecular formula is C10H9ClFIN2O3S. The summed E-state index contributed by atoms with van der Waals surface area (Å²) in [6, 6.07) is 2.58. The first kappa shape index (κ1) is 14.9. The van der Waals surface area contributed by atoms with Crippen LogP contribution in [0.5, 0.6) is 0 Å². The number of primary sulfonamides is 1. The highest BCUT2D eigenvalue weighted by atomic mass is 127. The molecule has 1 atom stereocenters. The molecule has 0 spiro atoms. The number of rotatable bonds is 2. The van der Waals surface area contributed by atoms with Crippen molar-refractivity contribution >= 4 is 55.8 Å². The minimum Gasteiger partial charge on any atom is -0.307 e. The number of hydrogen-bond donors (Lipinski definition) is 1. The first-order valence-electron chi connectivity index (χ1n) is 5.16. The van der Waals surface area contributed by atoms with Gasteiger partial charge in [0.1, 0.15) is 11.1 Å². The molecule has 0 radical (unpaired) electrons. The minimum atomic E-state index is -3.82. The number of hydrogen-bond acceptors (Lipinski definition) is 3. The van der Waals surface area contributed by atoms with Crippen LogP contribution in [0.25, 0.3) is 0 Å². The van der Waals surface area contributed by atoms with Crippen LogP contribution in [0.2, 0.25) is 5.02 Å². The molecule has 5 nitrogen and oxygen atoms in total. The fourth-order valence-corrected chi connectivity index (χ4v) is 3.91. The molecule has 0 aromatic heterocycles. The van der Waals surface area contributed by atoms with Gasteiger partial charge in [-0.2, -0.15) is 0 Å². The van der Waals surface area contributed by atoms with E-state index < -0.39 is 27.0 Å². The van der Waals surface area contributed by atoms with Gasteiger partial charge in [0.15, 0.2) is 0 Å². The molecule has 1 aliphatic rings. The van der Waals surface area contributed by atoms with Crippen molar-refractivity contribution in [3.8, 4) is 0 Å². The summed E-state index contributed by atoms with van der Waals surface area (Å²) in [5.74, 6) is -1.14. The summed E-state index contributed by atoms with van der Waals surface area (Å²) in [5.41, 5.74) is 0.0427. The second-order valence-corrected chi connectivity index (χ2v) is 7.58. The van der Waals surface area contributed by atoms with Crippen LogP contribution < -0.4 is 10.0 Å². The van der Waals surface area contributed by atoms with Crippen molar-refractivity contribution in [1.29, 1.82) is 0 Å². The van der Waals surface area contributed by atoms with Crippen LogP contribution in [0.4, 0.5) is 10.1 Å². The lowest BCUT2D eigenvalue weighted by atomic mass is 10.3. The Morgan fingerprint density at radius 3 is 2.58 bits per heavy atom. The van der Waals surface area contributed by atoms with Gasteiger partial charge in [-0.25, -0.2) is 17.9 Å². The van der Waals surface area contributed by atoms with Crippen molar-refractivity contribution in [2.45, 2.75) is 11.7 Å². The maximum atomic E-state index is 13.9. The smallest absolute Gasteiger partial charge is 0.228 e. The number of nitrogens with two attached hydrogens (primary N) is 1. The van der Waals surface area contributed by atoms with E-state index >= 15 is 0 Å². The third-order valence-electron chi connectivity index (χ3n) is 2.81. The summed E-state index contributed by atoms with van der Waals surface area (Å²) in [4.78, 5) is 12.9. The van der Waals surface area contributed by atoms with Gasteiger partial charge in [-0.05, 0) is 34.7 Å². The summed E-state index contributed by atoms with van der Waals surface area (Å²) in [7, 11) is -3.82. The van der Waals surface area contributed by atoms with Crippen LogP contribution in [0.1, 0.15) is 6.42 Å². The number of halogens is 3. The van der Waals surface area contributed by atoms with E-state index in [2.05, 4.69) is 0 Å². The largest absolute Gasteiger partial charge is 0.307 e. The highest BCUT2D eigenvalue weighted by Crippen LogP contribution is 2.33. The quantitative estimate of drug-likeness (QED) is 0.739. The molecule has 1 aromatic carbocycles. The number of carbonyl (C=O) groups is 1. The lowest BCUT2D eigenvalue weighted by Gasteiger charge is -2.19. The number of sulfonamides is 1. The van der Waals surface area contributed by atoms with Crippen molar-refractivity contribution in [3.63, 3.8) is 0 Å². The topological polar surface area (TPSA) is 80.5 Å². The zero-order valence-corrected chi connectivity index (χ0v) is 13.2. The van der Waals surface area contributed by atoms with E-state index in [1.165, 1.54) is 6.07 Å². The Bertz CT molecular complexity index is 629. The molecule has 1 fully saturated rings. The molecule has 2 rings (SSSR count). The minimum absolute atomic E-state index is 0.0427. The van der Waals surface area contributed by atoms with Crippen LogP contribution in [-0.2, 0) is 14.8 Å². The molecule has 1 saturated heterocycles. The number of nitrogens with zero attached hydrogens (tertiary/aromatic N) is 1. The molecule has 1 unspecified atom stereocenters. The summed E-state index contributed by atoms with van der Waals surface area (Å²) in [6.07, 6.45) is -0.239. The first-order valence-corrected chi connectivity index (χ1v) is 8.23. The van der Waals surface area contributed by atoms with Gasteiger partial charge in [0.05, 0.1) is 5.69 Å². The van der Waals surface area contributed by atoms with Crippen LogP contribution in [0.15, 0.2) is 12.1 Å². The molecule has 104 valence electrons. The van der Waals surface area contributed by atoms with E-state index in [9.17, 15) is 17.6 Å². The van der Waals surface area contributed by atoms with Gasteiger partial charge < -0.3 is 4.90 Å². The van der Waals surface area contributed by atoms with E-state index in [1.807, 2.05) is 22.6 Å². The predicted octanol–water partition coefficient (Wildman–Crippen LogP) is 1.48. The number of anilines is 1. The molecule has 1 amide bonds. The Labute approximate surface area is 128 Å². The maximum Gasteiger partial charge on any atom is 0.228 e. The molecule has 0 aliphatic carbocycles. The lowest BCUT2D eigenvalue weighted by Crippen LogP contribution is -2.32. The van der Waals surface area contributed by atoms with Crippen molar-refractivity contribution < 1.29 is 17.6 Å². The van der Waals surface area contributed by atoms with Gasteiger partial charge in [0.2, 0.25) is 15.9 Å². The van der Waals surface area contributed by atoms with Gasteiger partial charge in [-0.1, -0.05) is 11.6 Å². The maximum absolute atomic E-state index is 13.9. The average molecular weight is 419 g/mol. The van der Waals surface area contributed by atoms with E-state index in [0.29, 0.717) is 3.57 Å².